The second kappa shape index (κ2) is 7.55. The number of hydrogen-bond acceptors (Lipinski definition) is 5. The zero-order valence-electron chi connectivity index (χ0n) is 13.4. The number of thioether (sulfide) groups is 1. The van der Waals surface area contributed by atoms with Crippen LogP contribution in [0.5, 0.6) is 11.5 Å². The minimum Gasteiger partial charge on any atom is -0.493 e. The Morgan fingerprint density at radius 2 is 2.13 bits per heavy atom. The number of rotatable bonds is 5. The maximum absolute atomic E-state index is 12.3. The van der Waals surface area contributed by atoms with Gasteiger partial charge in [0.05, 0.1) is 23.1 Å². The summed E-state index contributed by atoms with van der Waals surface area (Å²) in [5, 5.41) is 0.440. The van der Waals surface area contributed by atoms with E-state index in [0.29, 0.717) is 32.3 Å². The number of thiocarbonyl (C=S) groups is 1. The molecule has 2 rings (SSSR count). The van der Waals surface area contributed by atoms with E-state index in [1.807, 2.05) is 20.8 Å². The van der Waals surface area contributed by atoms with Crippen LogP contribution >= 0.6 is 35.6 Å². The summed E-state index contributed by atoms with van der Waals surface area (Å²) in [5.41, 5.74) is 0.763. The first-order valence-electron chi connectivity index (χ1n) is 7.16. The van der Waals surface area contributed by atoms with Gasteiger partial charge in [0.2, 0.25) is 0 Å². The van der Waals surface area contributed by atoms with Crippen molar-refractivity contribution in [1.29, 1.82) is 0 Å². The van der Waals surface area contributed by atoms with Crippen molar-refractivity contribution in [1.82, 2.24) is 4.90 Å². The molecule has 0 atom stereocenters. The summed E-state index contributed by atoms with van der Waals surface area (Å²) in [4.78, 5) is 14.4. The van der Waals surface area contributed by atoms with Gasteiger partial charge in [0, 0.05) is 6.54 Å². The lowest BCUT2D eigenvalue weighted by Gasteiger charge is -2.15. The standard InChI is InChI=1S/C16H18ClNO3S2/c1-5-18-15(19)13(23-16(18)22)8-10-6-11(17)14(21-9(2)3)12(7-10)20-4/h6-9H,5H2,1-4H3/b13-8-. The van der Waals surface area contributed by atoms with Crippen molar-refractivity contribution in [3.8, 4) is 11.5 Å². The summed E-state index contributed by atoms with van der Waals surface area (Å²) in [6.45, 7) is 6.29. The fourth-order valence-corrected chi connectivity index (χ4v) is 3.75. The van der Waals surface area contributed by atoms with Gasteiger partial charge in [0.25, 0.3) is 5.91 Å². The molecule has 1 saturated heterocycles. The summed E-state index contributed by atoms with van der Waals surface area (Å²) >= 11 is 12.8. The smallest absolute Gasteiger partial charge is 0.266 e. The Morgan fingerprint density at radius 3 is 2.65 bits per heavy atom. The van der Waals surface area contributed by atoms with Gasteiger partial charge in [-0.2, -0.15) is 0 Å². The second-order valence-electron chi connectivity index (χ2n) is 5.13. The summed E-state index contributed by atoms with van der Waals surface area (Å²) in [5.74, 6) is 0.950. The Bertz CT molecular complexity index is 674. The highest BCUT2D eigenvalue weighted by atomic mass is 35.5. The molecular weight excluding hydrogens is 354 g/mol. The molecule has 124 valence electrons. The summed E-state index contributed by atoms with van der Waals surface area (Å²) in [6.07, 6.45) is 1.75. The fourth-order valence-electron chi connectivity index (χ4n) is 2.10. The van der Waals surface area contributed by atoms with Crippen molar-refractivity contribution in [3.05, 3.63) is 27.6 Å². The molecule has 4 nitrogen and oxygen atoms in total. The van der Waals surface area contributed by atoms with Crippen LogP contribution in [-0.4, -0.2) is 34.9 Å². The van der Waals surface area contributed by atoms with Crippen LogP contribution in [0.2, 0.25) is 5.02 Å². The fraction of sp³-hybridized carbons (Fsp3) is 0.375. The molecule has 0 N–H and O–H groups in total. The average molecular weight is 372 g/mol. The van der Waals surface area contributed by atoms with Gasteiger partial charge < -0.3 is 9.47 Å². The zero-order valence-corrected chi connectivity index (χ0v) is 15.8. The number of amides is 1. The predicted octanol–water partition coefficient (Wildman–Crippen LogP) is 4.36. The number of carbonyl (C=O) groups excluding carboxylic acids is 1. The van der Waals surface area contributed by atoms with Crippen molar-refractivity contribution >= 4 is 51.9 Å². The molecule has 0 aromatic heterocycles. The van der Waals surface area contributed by atoms with Gasteiger partial charge in [-0.05, 0) is 44.5 Å². The molecule has 1 aliphatic heterocycles. The monoisotopic (exact) mass is 371 g/mol. The minimum atomic E-state index is -0.0832. The largest absolute Gasteiger partial charge is 0.493 e. The normalized spacial score (nSPS) is 16.6. The Balaban J connectivity index is 2.38. The molecule has 1 aliphatic rings. The third-order valence-corrected chi connectivity index (χ3v) is 4.75. The quantitative estimate of drug-likeness (QED) is 0.568. The van der Waals surface area contributed by atoms with E-state index < -0.39 is 0 Å². The van der Waals surface area contributed by atoms with Gasteiger partial charge in [-0.3, -0.25) is 9.69 Å². The Hall–Kier alpha value is -1.24. The van der Waals surface area contributed by atoms with Gasteiger partial charge in [0.1, 0.15) is 4.32 Å². The van der Waals surface area contributed by atoms with Crippen LogP contribution < -0.4 is 9.47 Å². The van der Waals surface area contributed by atoms with Crippen LogP contribution in [0.1, 0.15) is 26.3 Å². The topological polar surface area (TPSA) is 38.8 Å². The number of hydrogen-bond donors (Lipinski definition) is 0. The van der Waals surface area contributed by atoms with Crippen molar-refractivity contribution in [2.45, 2.75) is 26.9 Å². The van der Waals surface area contributed by atoms with Crippen LogP contribution in [0.25, 0.3) is 6.08 Å². The Kier molecular flexibility index (Phi) is 5.95. The van der Waals surface area contributed by atoms with E-state index in [2.05, 4.69) is 0 Å². The lowest BCUT2D eigenvalue weighted by molar-refractivity contribution is -0.121. The molecule has 23 heavy (non-hydrogen) atoms. The molecule has 1 heterocycles. The molecule has 7 heteroatoms. The Morgan fingerprint density at radius 1 is 1.43 bits per heavy atom. The summed E-state index contributed by atoms with van der Waals surface area (Å²) in [6, 6.07) is 3.54. The number of methoxy groups -OCH3 is 1. The first-order chi connectivity index (χ1) is 10.9. The van der Waals surface area contributed by atoms with Crippen molar-refractivity contribution < 1.29 is 14.3 Å². The van der Waals surface area contributed by atoms with E-state index in [1.54, 1.807) is 30.2 Å². The lowest BCUT2D eigenvalue weighted by atomic mass is 10.1. The second-order valence-corrected chi connectivity index (χ2v) is 7.21. The van der Waals surface area contributed by atoms with Gasteiger partial charge in [-0.15, -0.1) is 0 Å². The number of halogens is 1. The number of likely N-dealkylation sites (N-methyl/N-ethyl adjacent to an activating group) is 1. The maximum atomic E-state index is 12.3. The number of benzene rings is 1. The van der Waals surface area contributed by atoms with E-state index in [0.717, 1.165) is 5.56 Å². The van der Waals surface area contributed by atoms with Gasteiger partial charge in [-0.1, -0.05) is 35.6 Å². The molecule has 0 aliphatic carbocycles. The molecule has 0 saturated carbocycles. The SMILES string of the molecule is CCN1C(=O)/C(=C/c2cc(Cl)c(OC(C)C)c(OC)c2)SC1=S. The molecular formula is C16H18ClNO3S2. The van der Waals surface area contributed by atoms with Crippen LogP contribution in [0.3, 0.4) is 0 Å². The highest BCUT2D eigenvalue weighted by Crippen LogP contribution is 2.39. The molecule has 0 spiro atoms. The van der Waals surface area contributed by atoms with Crippen molar-refractivity contribution in [3.63, 3.8) is 0 Å². The first kappa shape index (κ1) is 18.1. The molecule has 0 unspecified atom stereocenters. The minimum absolute atomic E-state index is 0.0203. The van der Waals surface area contributed by atoms with Gasteiger partial charge in [0.15, 0.2) is 11.5 Å². The maximum Gasteiger partial charge on any atom is 0.266 e. The van der Waals surface area contributed by atoms with E-state index in [4.69, 9.17) is 33.3 Å². The van der Waals surface area contributed by atoms with Crippen LogP contribution in [-0.2, 0) is 4.79 Å². The highest BCUT2D eigenvalue weighted by molar-refractivity contribution is 8.26. The highest BCUT2D eigenvalue weighted by Gasteiger charge is 2.30. The van der Waals surface area contributed by atoms with E-state index in [9.17, 15) is 4.79 Å². The lowest BCUT2D eigenvalue weighted by Crippen LogP contribution is -2.27. The average Bonchev–Trinajstić information content (AvgIpc) is 2.75. The molecule has 1 fully saturated rings. The molecule has 0 radical (unpaired) electrons. The Labute approximate surface area is 150 Å². The molecule has 0 bridgehead atoms. The number of carbonyl (C=O) groups is 1. The van der Waals surface area contributed by atoms with Crippen LogP contribution in [0, 0.1) is 0 Å². The van der Waals surface area contributed by atoms with Crippen LogP contribution in [0.4, 0.5) is 0 Å². The number of ether oxygens (including phenoxy) is 2. The van der Waals surface area contributed by atoms with Gasteiger partial charge in [-0.25, -0.2) is 0 Å². The zero-order chi connectivity index (χ0) is 17.1. The van der Waals surface area contributed by atoms with E-state index in [-0.39, 0.29) is 12.0 Å². The van der Waals surface area contributed by atoms with E-state index in [1.165, 1.54) is 11.8 Å². The summed E-state index contributed by atoms with van der Waals surface area (Å²) in [7, 11) is 1.55. The third kappa shape index (κ3) is 4.00. The molecule has 1 amide bonds. The molecule has 1 aromatic carbocycles. The van der Waals surface area contributed by atoms with Gasteiger partial charge >= 0.3 is 0 Å². The van der Waals surface area contributed by atoms with Crippen LogP contribution in [0.15, 0.2) is 17.0 Å². The van der Waals surface area contributed by atoms with Crippen molar-refractivity contribution in [2.24, 2.45) is 0 Å². The van der Waals surface area contributed by atoms with E-state index >= 15 is 0 Å². The summed E-state index contributed by atoms with van der Waals surface area (Å²) < 4.78 is 11.6. The third-order valence-electron chi connectivity index (χ3n) is 3.09. The number of nitrogens with zero attached hydrogens (tertiary/aromatic N) is 1. The first-order valence-corrected chi connectivity index (χ1v) is 8.77. The molecule has 1 aromatic rings. The van der Waals surface area contributed by atoms with Crippen molar-refractivity contribution in [2.75, 3.05) is 13.7 Å². The predicted molar refractivity (Wildman–Crippen MR) is 99.3 cm³/mol.